The van der Waals surface area contributed by atoms with Gasteiger partial charge in [-0.25, -0.2) is 4.79 Å². The Labute approximate surface area is 149 Å². The Morgan fingerprint density at radius 2 is 1.96 bits per heavy atom. The van der Waals surface area contributed by atoms with E-state index in [9.17, 15) is 9.90 Å². The number of nitriles is 1. The molecule has 1 aromatic rings. The van der Waals surface area contributed by atoms with Gasteiger partial charge < -0.3 is 14.7 Å². The van der Waals surface area contributed by atoms with Crippen LogP contribution in [0.25, 0.3) is 0 Å². The Balaban J connectivity index is 1.61. The molecule has 0 aliphatic carbocycles. The van der Waals surface area contributed by atoms with Crippen LogP contribution in [-0.2, 0) is 11.3 Å². The maximum Gasteiger partial charge on any atom is 0.410 e. The molecule has 5 heteroatoms. The second-order valence-electron chi connectivity index (χ2n) is 7.33. The number of aliphatic hydroxyl groups is 1. The lowest BCUT2D eigenvalue weighted by atomic mass is 9.74. The van der Waals surface area contributed by atoms with Crippen LogP contribution in [0.5, 0.6) is 0 Å². The zero-order valence-corrected chi connectivity index (χ0v) is 14.6. The molecule has 1 N–H and O–H groups in total. The minimum absolute atomic E-state index is 0.0443. The number of rotatable bonds is 5. The third-order valence-corrected chi connectivity index (χ3v) is 5.44. The molecule has 2 aliphatic rings. The van der Waals surface area contributed by atoms with E-state index in [1.807, 2.05) is 35.2 Å². The van der Waals surface area contributed by atoms with Gasteiger partial charge in [-0.2, -0.15) is 5.26 Å². The van der Waals surface area contributed by atoms with Crippen molar-refractivity contribution in [2.75, 3.05) is 0 Å². The smallest absolute Gasteiger partial charge is 0.410 e. The molecule has 1 amide bonds. The molecule has 2 saturated heterocycles. The monoisotopic (exact) mass is 342 g/mol. The Morgan fingerprint density at radius 3 is 2.60 bits per heavy atom. The van der Waals surface area contributed by atoms with Crippen molar-refractivity contribution in [3.63, 3.8) is 0 Å². The van der Waals surface area contributed by atoms with Gasteiger partial charge in [0.25, 0.3) is 0 Å². The van der Waals surface area contributed by atoms with Crippen LogP contribution >= 0.6 is 0 Å². The zero-order chi connectivity index (χ0) is 17.7. The third-order valence-electron chi connectivity index (χ3n) is 5.44. The number of unbranched alkanes of at least 4 members (excludes halogenated alkanes) is 1. The molecule has 0 aromatic heterocycles. The SMILES string of the molecule is N#CCCCC1(O)CC2CCCC(C1)N2C(=O)OCc1ccccc1. The van der Waals surface area contributed by atoms with Crippen LogP contribution in [0.1, 0.15) is 56.9 Å². The number of fused-ring (bicyclic) bond motifs is 2. The predicted molar refractivity (Wildman–Crippen MR) is 93.5 cm³/mol. The van der Waals surface area contributed by atoms with Crippen LogP contribution in [-0.4, -0.2) is 33.8 Å². The molecular weight excluding hydrogens is 316 g/mol. The molecule has 0 spiro atoms. The number of amides is 1. The van der Waals surface area contributed by atoms with Crippen molar-refractivity contribution < 1.29 is 14.6 Å². The van der Waals surface area contributed by atoms with E-state index in [-0.39, 0.29) is 24.8 Å². The van der Waals surface area contributed by atoms with Gasteiger partial charge in [-0.05, 0) is 50.5 Å². The molecule has 134 valence electrons. The summed E-state index contributed by atoms with van der Waals surface area (Å²) in [5, 5.41) is 19.6. The lowest BCUT2D eigenvalue weighted by molar-refractivity contribution is -0.0895. The van der Waals surface area contributed by atoms with Gasteiger partial charge in [0.15, 0.2) is 0 Å². The van der Waals surface area contributed by atoms with Crippen molar-refractivity contribution in [3.05, 3.63) is 35.9 Å². The van der Waals surface area contributed by atoms with Crippen molar-refractivity contribution in [2.24, 2.45) is 0 Å². The highest BCUT2D eigenvalue weighted by atomic mass is 16.6. The van der Waals surface area contributed by atoms with Crippen LogP contribution in [0, 0.1) is 11.3 Å². The van der Waals surface area contributed by atoms with E-state index in [1.165, 1.54) is 0 Å². The summed E-state index contributed by atoms with van der Waals surface area (Å²) < 4.78 is 5.53. The number of nitrogens with zero attached hydrogens (tertiary/aromatic N) is 2. The molecule has 2 unspecified atom stereocenters. The van der Waals surface area contributed by atoms with Gasteiger partial charge in [-0.15, -0.1) is 0 Å². The summed E-state index contributed by atoms with van der Waals surface area (Å²) in [6.45, 7) is 0.280. The van der Waals surface area contributed by atoms with Crippen molar-refractivity contribution in [2.45, 2.75) is 75.7 Å². The number of benzene rings is 1. The molecule has 1 aromatic carbocycles. The molecule has 2 bridgehead atoms. The lowest BCUT2D eigenvalue weighted by Gasteiger charge is -2.51. The first-order chi connectivity index (χ1) is 12.1. The molecule has 0 saturated carbocycles. The first kappa shape index (κ1) is 17.8. The van der Waals surface area contributed by atoms with E-state index in [1.54, 1.807) is 0 Å². The highest BCUT2D eigenvalue weighted by Gasteiger charge is 2.47. The minimum atomic E-state index is -0.747. The average molecular weight is 342 g/mol. The molecular formula is C20H26N2O3. The number of hydrogen-bond acceptors (Lipinski definition) is 4. The first-order valence-corrected chi connectivity index (χ1v) is 9.20. The fourth-order valence-corrected chi connectivity index (χ4v) is 4.32. The predicted octanol–water partition coefficient (Wildman–Crippen LogP) is 3.77. The number of piperidine rings is 2. The van der Waals surface area contributed by atoms with Crippen LogP contribution in [0.2, 0.25) is 0 Å². The second kappa shape index (κ2) is 7.88. The lowest BCUT2D eigenvalue weighted by Crippen LogP contribution is -2.59. The van der Waals surface area contributed by atoms with E-state index in [0.717, 1.165) is 24.8 Å². The van der Waals surface area contributed by atoms with Crippen molar-refractivity contribution in [3.8, 4) is 6.07 Å². The summed E-state index contributed by atoms with van der Waals surface area (Å²) in [6, 6.07) is 11.9. The van der Waals surface area contributed by atoms with Crippen LogP contribution in [0.15, 0.2) is 30.3 Å². The Bertz CT molecular complexity index is 612. The Kier molecular flexibility index (Phi) is 5.60. The number of hydrogen-bond donors (Lipinski definition) is 1. The summed E-state index contributed by atoms with van der Waals surface area (Å²) in [6.07, 6.45) is 5.66. The van der Waals surface area contributed by atoms with Gasteiger partial charge in [0, 0.05) is 18.5 Å². The van der Waals surface area contributed by atoms with Crippen molar-refractivity contribution in [1.29, 1.82) is 5.26 Å². The summed E-state index contributed by atoms with van der Waals surface area (Å²) >= 11 is 0. The van der Waals surface area contributed by atoms with Crippen LogP contribution < -0.4 is 0 Å². The number of ether oxygens (including phenoxy) is 1. The summed E-state index contributed by atoms with van der Waals surface area (Å²) in [4.78, 5) is 14.5. The quantitative estimate of drug-likeness (QED) is 0.827. The van der Waals surface area contributed by atoms with Gasteiger partial charge in [-0.3, -0.25) is 0 Å². The fraction of sp³-hybridized carbons (Fsp3) is 0.600. The number of carbonyl (C=O) groups excluding carboxylic acids is 1. The number of carbonyl (C=O) groups is 1. The van der Waals surface area contributed by atoms with Crippen molar-refractivity contribution in [1.82, 2.24) is 4.90 Å². The first-order valence-electron chi connectivity index (χ1n) is 9.20. The van der Waals surface area contributed by atoms with Gasteiger partial charge in [0.05, 0.1) is 11.7 Å². The Morgan fingerprint density at radius 1 is 1.28 bits per heavy atom. The van der Waals surface area contributed by atoms with E-state index in [0.29, 0.717) is 32.1 Å². The molecule has 0 radical (unpaired) electrons. The van der Waals surface area contributed by atoms with E-state index in [2.05, 4.69) is 6.07 Å². The van der Waals surface area contributed by atoms with Gasteiger partial charge in [0.1, 0.15) is 6.61 Å². The second-order valence-corrected chi connectivity index (χ2v) is 7.33. The average Bonchev–Trinajstić information content (AvgIpc) is 2.60. The zero-order valence-electron chi connectivity index (χ0n) is 14.6. The van der Waals surface area contributed by atoms with Gasteiger partial charge in [0.2, 0.25) is 0 Å². The Hall–Kier alpha value is -2.06. The maximum atomic E-state index is 12.6. The van der Waals surface area contributed by atoms with Crippen LogP contribution in [0.3, 0.4) is 0 Å². The highest BCUT2D eigenvalue weighted by molar-refractivity contribution is 5.69. The van der Waals surface area contributed by atoms with E-state index in [4.69, 9.17) is 10.00 Å². The van der Waals surface area contributed by atoms with E-state index >= 15 is 0 Å². The molecule has 2 heterocycles. The van der Waals surface area contributed by atoms with Crippen molar-refractivity contribution >= 4 is 6.09 Å². The largest absolute Gasteiger partial charge is 0.445 e. The molecule has 5 nitrogen and oxygen atoms in total. The summed E-state index contributed by atoms with van der Waals surface area (Å²) in [5.41, 5.74) is 0.231. The molecule has 3 rings (SSSR count). The summed E-state index contributed by atoms with van der Waals surface area (Å²) in [5.74, 6) is 0. The minimum Gasteiger partial charge on any atom is -0.445 e. The standard InChI is InChI=1S/C20H26N2O3/c21-12-5-4-11-20(24)13-17-9-6-10-18(14-20)22(17)19(23)25-15-16-7-2-1-3-8-16/h1-3,7-8,17-18,24H,4-6,9-11,13-15H2. The highest BCUT2D eigenvalue weighted by Crippen LogP contribution is 2.41. The van der Waals surface area contributed by atoms with Gasteiger partial charge >= 0.3 is 6.09 Å². The van der Waals surface area contributed by atoms with Gasteiger partial charge in [-0.1, -0.05) is 30.3 Å². The van der Waals surface area contributed by atoms with Crippen LogP contribution in [0.4, 0.5) is 4.79 Å². The maximum absolute atomic E-state index is 12.6. The summed E-state index contributed by atoms with van der Waals surface area (Å²) in [7, 11) is 0. The molecule has 2 atom stereocenters. The topological polar surface area (TPSA) is 73.6 Å². The normalized spacial score (nSPS) is 28.2. The molecule has 25 heavy (non-hydrogen) atoms. The fourth-order valence-electron chi connectivity index (χ4n) is 4.32. The third kappa shape index (κ3) is 4.32. The van der Waals surface area contributed by atoms with E-state index < -0.39 is 5.60 Å². The molecule has 2 fully saturated rings. The molecule has 2 aliphatic heterocycles.